The van der Waals surface area contributed by atoms with Crippen LogP contribution < -0.4 is 5.48 Å². The van der Waals surface area contributed by atoms with Crippen LogP contribution in [0.25, 0.3) is 0 Å². The van der Waals surface area contributed by atoms with Crippen molar-refractivity contribution in [1.29, 1.82) is 0 Å². The molecule has 0 amide bonds. The highest BCUT2D eigenvalue weighted by atomic mass is 32.2. The molecular formula is C6H15NO4S. The van der Waals surface area contributed by atoms with Gasteiger partial charge in [-0.25, -0.2) is 13.9 Å². The molecule has 2 N–H and O–H groups in total. The van der Waals surface area contributed by atoms with E-state index < -0.39 is 15.3 Å². The van der Waals surface area contributed by atoms with E-state index in [1.807, 2.05) is 0 Å². The number of nitrogens with one attached hydrogen (secondary N) is 1. The van der Waals surface area contributed by atoms with Gasteiger partial charge in [0.2, 0.25) is 0 Å². The van der Waals surface area contributed by atoms with E-state index in [2.05, 4.69) is 5.48 Å². The number of aliphatic hydroxyl groups is 1. The quantitative estimate of drug-likeness (QED) is 0.550. The van der Waals surface area contributed by atoms with Crippen molar-refractivity contribution in [3.63, 3.8) is 0 Å². The molecule has 1 unspecified atom stereocenters. The molecule has 0 fully saturated rings. The SMILES string of the molecule is CCNOC(C)S(=O)(=O)CCO. The van der Waals surface area contributed by atoms with Crippen molar-refractivity contribution in [3.8, 4) is 0 Å². The Bertz CT molecular complexity index is 202. The molecule has 0 aliphatic carbocycles. The van der Waals surface area contributed by atoms with Gasteiger partial charge in [0.25, 0.3) is 0 Å². The summed E-state index contributed by atoms with van der Waals surface area (Å²) < 4.78 is 22.2. The first kappa shape index (κ1) is 11.8. The van der Waals surface area contributed by atoms with Crippen molar-refractivity contribution >= 4 is 9.84 Å². The third kappa shape index (κ3) is 4.01. The lowest BCUT2D eigenvalue weighted by atomic mass is 10.8. The van der Waals surface area contributed by atoms with Gasteiger partial charge in [-0.2, -0.15) is 0 Å². The summed E-state index contributed by atoms with van der Waals surface area (Å²) in [7, 11) is -3.32. The molecule has 0 aromatic rings. The second-order valence-electron chi connectivity index (χ2n) is 2.27. The number of hydrogen-bond acceptors (Lipinski definition) is 5. The fourth-order valence-corrected chi connectivity index (χ4v) is 1.37. The summed E-state index contributed by atoms with van der Waals surface area (Å²) in [4.78, 5) is 4.76. The minimum atomic E-state index is -3.32. The van der Waals surface area contributed by atoms with Crippen LogP contribution in [0.1, 0.15) is 13.8 Å². The number of rotatable bonds is 6. The second kappa shape index (κ2) is 5.47. The molecule has 0 radical (unpaired) electrons. The maximum absolute atomic E-state index is 11.1. The van der Waals surface area contributed by atoms with Gasteiger partial charge in [-0.3, -0.25) is 4.84 Å². The zero-order valence-electron chi connectivity index (χ0n) is 7.28. The fourth-order valence-electron chi connectivity index (χ4n) is 0.567. The molecule has 0 bridgehead atoms. The number of hydrogen-bond donors (Lipinski definition) is 2. The van der Waals surface area contributed by atoms with Crippen molar-refractivity contribution in [2.45, 2.75) is 19.3 Å². The van der Waals surface area contributed by atoms with Crippen LogP contribution in [0.4, 0.5) is 0 Å². The van der Waals surface area contributed by atoms with Crippen molar-refractivity contribution in [2.24, 2.45) is 0 Å². The van der Waals surface area contributed by atoms with E-state index in [0.29, 0.717) is 6.54 Å². The summed E-state index contributed by atoms with van der Waals surface area (Å²) in [6, 6.07) is 0. The molecule has 0 saturated carbocycles. The van der Waals surface area contributed by atoms with Crippen LogP contribution in [0, 0.1) is 0 Å². The molecule has 0 aliphatic rings. The Kier molecular flexibility index (Phi) is 5.39. The number of hydroxylamine groups is 1. The molecule has 0 aromatic carbocycles. The predicted molar refractivity (Wildman–Crippen MR) is 45.1 cm³/mol. The molecule has 1 atom stereocenters. The lowest BCUT2D eigenvalue weighted by Crippen LogP contribution is -2.31. The maximum Gasteiger partial charge on any atom is 0.181 e. The summed E-state index contributed by atoms with van der Waals surface area (Å²) >= 11 is 0. The zero-order valence-corrected chi connectivity index (χ0v) is 8.10. The van der Waals surface area contributed by atoms with Crippen molar-refractivity contribution in [1.82, 2.24) is 5.48 Å². The summed E-state index contributed by atoms with van der Waals surface area (Å²) in [5.74, 6) is -0.264. The van der Waals surface area contributed by atoms with Crippen LogP contribution in [-0.2, 0) is 14.7 Å². The third-order valence-corrected chi connectivity index (χ3v) is 3.13. The van der Waals surface area contributed by atoms with Gasteiger partial charge in [0.15, 0.2) is 15.3 Å². The monoisotopic (exact) mass is 197 g/mol. The lowest BCUT2D eigenvalue weighted by Gasteiger charge is -2.12. The van der Waals surface area contributed by atoms with Gasteiger partial charge < -0.3 is 5.11 Å². The summed E-state index contributed by atoms with van der Waals surface area (Å²) in [6.07, 6.45) is 0. The first-order chi connectivity index (χ1) is 5.54. The average Bonchev–Trinajstić information content (AvgIpc) is 2.00. The zero-order chi connectivity index (χ0) is 9.61. The summed E-state index contributed by atoms with van der Waals surface area (Å²) in [5.41, 5.74) is 1.54. The summed E-state index contributed by atoms with van der Waals surface area (Å²) in [6.45, 7) is 3.39. The molecule has 12 heavy (non-hydrogen) atoms. The van der Waals surface area contributed by atoms with Gasteiger partial charge in [-0.05, 0) is 6.92 Å². The van der Waals surface area contributed by atoms with E-state index in [4.69, 9.17) is 9.94 Å². The molecule has 5 nitrogen and oxygen atoms in total. The molecule has 0 heterocycles. The normalized spacial score (nSPS) is 14.6. The van der Waals surface area contributed by atoms with Gasteiger partial charge in [0.1, 0.15) is 0 Å². The van der Waals surface area contributed by atoms with Gasteiger partial charge >= 0.3 is 0 Å². The minimum Gasteiger partial charge on any atom is -0.395 e. The van der Waals surface area contributed by atoms with E-state index >= 15 is 0 Å². The predicted octanol–water partition coefficient (Wildman–Crippen LogP) is -0.719. The molecule has 0 spiro atoms. The van der Waals surface area contributed by atoms with Gasteiger partial charge in [0.05, 0.1) is 12.4 Å². The Labute approximate surface area is 72.6 Å². The van der Waals surface area contributed by atoms with E-state index in [1.54, 1.807) is 6.92 Å². The highest BCUT2D eigenvalue weighted by Crippen LogP contribution is 2.01. The van der Waals surface area contributed by atoms with E-state index in [-0.39, 0.29) is 12.4 Å². The van der Waals surface area contributed by atoms with Crippen LogP contribution in [0.2, 0.25) is 0 Å². The average molecular weight is 197 g/mol. The van der Waals surface area contributed by atoms with Gasteiger partial charge in [-0.1, -0.05) is 6.92 Å². The fraction of sp³-hybridized carbons (Fsp3) is 1.00. The Morgan fingerprint density at radius 2 is 2.17 bits per heavy atom. The molecule has 0 aliphatic heterocycles. The molecule has 0 saturated heterocycles. The van der Waals surface area contributed by atoms with Crippen molar-refractivity contribution in [2.75, 3.05) is 18.9 Å². The Hall–Kier alpha value is -0.170. The first-order valence-electron chi connectivity index (χ1n) is 3.75. The molecule has 6 heteroatoms. The lowest BCUT2D eigenvalue weighted by molar-refractivity contribution is 0.0295. The highest BCUT2D eigenvalue weighted by molar-refractivity contribution is 7.91. The Morgan fingerprint density at radius 1 is 1.58 bits per heavy atom. The van der Waals surface area contributed by atoms with E-state index in [0.717, 1.165) is 0 Å². The Balaban J connectivity index is 3.98. The van der Waals surface area contributed by atoms with Crippen LogP contribution in [0.15, 0.2) is 0 Å². The van der Waals surface area contributed by atoms with E-state index in [9.17, 15) is 8.42 Å². The smallest absolute Gasteiger partial charge is 0.181 e. The number of sulfone groups is 1. The van der Waals surface area contributed by atoms with Crippen LogP contribution >= 0.6 is 0 Å². The minimum absolute atomic E-state index is 0.264. The topological polar surface area (TPSA) is 75.6 Å². The molecule has 0 aromatic heterocycles. The van der Waals surface area contributed by atoms with Crippen molar-refractivity contribution < 1.29 is 18.4 Å². The first-order valence-corrected chi connectivity index (χ1v) is 5.47. The molecule has 74 valence electrons. The van der Waals surface area contributed by atoms with Crippen LogP contribution in [-0.4, -0.2) is 37.9 Å². The maximum atomic E-state index is 11.1. The van der Waals surface area contributed by atoms with E-state index in [1.165, 1.54) is 6.92 Å². The standard InChI is InChI=1S/C6H15NO4S/c1-3-7-11-6(2)12(9,10)5-4-8/h6-8H,3-5H2,1-2H3. The third-order valence-electron chi connectivity index (χ3n) is 1.28. The second-order valence-corrected chi connectivity index (χ2v) is 4.67. The highest BCUT2D eigenvalue weighted by Gasteiger charge is 2.20. The summed E-state index contributed by atoms with van der Waals surface area (Å²) in [5, 5.41) is 8.42. The van der Waals surface area contributed by atoms with Gasteiger partial charge in [0, 0.05) is 6.54 Å². The largest absolute Gasteiger partial charge is 0.395 e. The number of aliphatic hydroxyl groups excluding tert-OH is 1. The molecule has 0 rings (SSSR count). The molecular weight excluding hydrogens is 182 g/mol. The van der Waals surface area contributed by atoms with Gasteiger partial charge in [-0.15, -0.1) is 0 Å². The van der Waals surface area contributed by atoms with Crippen LogP contribution in [0.5, 0.6) is 0 Å². The van der Waals surface area contributed by atoms with Crippen LogP contribution in [0.3, 0.4) is 0 Å². The Morgan fingerprint density at radius 3 is 2.58 bits per heavy atom. The van der Waals surface area contributed by atoms with Crippen molar-refractivity contribution in [3.05, 3.63) is 0 Å².